The van der Waals surface area contributed by atoms with E-state index in [2.05, 4.69) is 14.8 Å². The molecule has 2 fully saturated rings. The van der Waals surface area contributed by atoms with E-state index in [1.54, 1.807) is 11.5 Å². The van der Waals surface area contributed by atoms with Crippen LogP contribution in [0.3, 0.4) is 0 Å². The Bertz CT molecular complexity index is 851. The molecule has 2 saturated heterocycles. The third-order valence-electron chi connectivity index (χ3n) is 5.44. The first-order chi connectivity index (χ1) is 15.3. The molecule has 3 heterocycles. The van der Waals surface area contributed by atoms with Gasteiger partial charge in [0.25, 0.3) is 0 Å². The zero-order chi connectivity index (χ0) is 23.1. The lowest BCUT2D eigenvalue weighted by molar-refractivity contribution is -0.392. The third kappa shape index (κ3) is 7.03. The molecule has 32 heavy (non-hydrogen) atoms. The maximum atomic E-state index is 12.2. The van der Waals surface area contributed by atoms with E-state index in [4.69, 9.17) is 29.2 Å². The van der Waals surface area contributed by atoms with E-state index >= 15 is 0 Å². The van der Waals surface area contributed by atoms with E-state index in [1.165, 1.54) is 29.7 Å². The Balaban J connectivity index is 1.33. The molecule has 0 aliphatic carbocycles. The van der Waals surface area contributed by atoms with Crippen LogP contribution in [0.15, 0.2) is 6.20 Å². The number of hydrogen-bond donors (Lipinski definition) is 0. The number of hydrogen-bond acceptors (Lipinski definition) is 9. The fraction of sp³-hybridized carbons (Fsp3) is 0.684. The zero-order valence-corrected chi connectivity index (χ0v) is 21.2. The van der Waals surface area contributed by atoms with Gasteiger partial charge < -0.3 is 24.7 Å². The second-order valence-corrected chi connectivity index (χ2v) is 10.9. The van der Waals surface area contributed by atoms with Gasteiger partial charge in [0.05, 0.1) is 5.75 Å². The van der Waals surface area contributed by atoms with Gasteiger partial charge in [-0.1, -0.05) is 48.0 Å². The Kier molecular flexibility index (Phi) is 9.56. The normalized spacial score (nSPS) is 16.9. The monoisotopic (exact) mass is 517 g/mol. The number of piperidine rings is 1. The number of nitrogens with zero attached hydrogens (tertiary/aromatic N) is 5. The van der Waals surface area contributed by atoms with E-state index in [0.717, 1.165) is 60.5 Å². The SMILES string of the molecule is Cc1ncc([N+](=O)[O-])n1CCSC(=S)N1CCC(OC(=O)CSC(=S)N2CCCC2)CC1. The Morgan fingerprint density at radius 1 is 1.19 bits per heavy atom. The van der Waals surface area contributed by atoms with E-state index < -0.39 is 4.92 Å². The van der Waals surface area contributed by atoms with E-state index in [1.807, 2.05) is 0 Å². The van der Waals surface area contributed by atoms with Gasteiger partial charge in [-0.3, -0.25) is 4.79 Å². The lowest BCUT2D eigenvalue weighted by Gasteiger charge is -2.33. The Labute approximate surface area is 206 Å². The fourth-order valence-electron chi connectivity index (χ4n) is 3.68. The first kappa shape index (κ1) is 25.2. The summed E-state index contributed by atoms with van der Waals surface area (Å²) in [5.74, 6) is 1.27. The van der Waals surface area contributed by atoms with Crippen LogP contribution in [0, 0.1) is 17.0 Å². The van der Waals surface area contributed by atoms with Crippen LogP contribution in [0.1, 0.15) is 31.5 Å². The highest BCUT2D eigenvalue weighted by molar-refractivity contribution is 8.23. The van der Waals surface area contributed by atoms with Gasteiger partial charge in [0.15, 0.2) is 5.82 Å². The second kappa shape index (κ2) is 12.1. The fourth-order valence-corrected chi connectivity index (χ4v) is 5.96. The molecule has 3 rings (SSSR count). The molecule has 0 N–H and O–H groups in total. The Morgan fingerprint density at radius 3 is 2.47 bits per heavy atom. The molecule has 2 aliphatic rings. The van der Waals surface area contributed by atoms with Crippen molar-refractivity contribution >= 4 is 68.4 Å². The van der Waals surface area contributed by atoms with Crippen molar-refractivity contribution in [2.75, 3.05) is 37.7 Å². The van der Waals surface area contributed by atoms with Crippen molar-refractivity contribution in [1.82, 2.24) is 19.4 Å². The number of nitro groups is 1. The van der Waals surface area contributed by atoms with Gasteiger partial charge >= 0.3 is 11.8 Å². The zero-order valence-electron chi connectivity index (χ0n) is 17.9. The smallest absolute Gasteiger partial charge is 0.342 e. The summed E-state index contributed by atoms with van der Waals surface area (Å²) < 4.78 is 8.77. The lowest BCUT2D eigenvalue weighted by Crippen LogP contribution is -2.40. The van der Waals surface area contributed by atoms with E-state index in [-0.39, 0.29) is 23.6 Å². The van der Waals surface area contributed by atoms with Crippen LogP contribution in [0.25, 0.3) is 0 Å². The lowest BCUT2D eigenvalue weighted by atomic mass is 10.1. The van der Waals surface area contributed by atoms with Gasteiger partial charge in [0.1, 0.15) is 27.5 Å². The standard InChI is InChI=1S/C19H27N5O4S4/c1-14-20-12-16(24(26)27)23(14)10-11-31-18(29)22-8-4-15(5-9-22)28-17(25)13-32-19(30)21-6-2-3-7-21/h12,15H,2-11,13H2,1H3. The summed E-state index contributed by atoms with van der Waals surface area (Å²) in [4.78, 5) is 31.1. The van der Waals surface area contributed by atoms with Crippen molar-refractivity contribution < 1.29 is 14.5 Å². The number of likely N-dealkylation sites (tertiary alicyclic amines) is 2. The van der Waals surface area contributed by atoms with Gasteiger partial charge in [0, 0.05) is 51.7 Å². The summed E-state index contributed by atoms with van der Waals surface area (Å²) in [5.41, 5.74) is 0. The van der Waals surface area contributed by atoms with Crippen molar-refractivity contribution in [2.45, 2.75) is 45.3 Å². The third-order valence-corrected chi connectivity index (χ3v) is 8.44. The number of thioether (sulfide) groups is 2. The Hall–Kier alpha value is -1.44. The largest absolute Gasteiger partial charge is 0.462 e. The summed E-state index contributed by atoms with van der Waals surface area (Å²) >= 11 is 13.8. The molecule has 2 aliphatic heterocycles. The average molecular weight is 518 g/mol. The number of aryl methyl sites for hydroxylation is 1. The van der Waals surface area contributed by atoms with Gasteiger partial charge in [-0.15, -0.1) is 0 Å². The van der Waals surface area contributed by atoms with Crippen LogP contribution < -0.4 is 0 Å². The van der Waals surface area contributed by atoms with Gasteiger partial charge in [-0.2, -0.15) is 0 Å². The van der Waals surface area contributed by atoms with Crippen LogP contribution >= 0.6 is 48.0 Å². The molecule has 0 saturated carbocycles. The summed E-state index contributed by atoms with van der Waals surface area (Å²) in [5, 5.41) is 11.1. The molecular formula is C19H27N5O4S4. The molecule has 1 aromatic rings. The predicted molar refractivity (Wildman–Crippen MR) is 135 cm³/mol. The highest BCUT2D eigenvalue weighted by atomic mass is 32.2. The van der Waals surface area contributed by atoms with Crippen molar-refractivity contribution in [3.63, 3.8) is 0 Å². The first-order valence-corrected chi connectivity index (χ1v) is 13.3. The summed E-state index contributed by atoms with van der Waals surface area (Å²) in [6.07, 6.45) is 4.98. The molecule has 1 aromatic heterocycles. The van der Waals surface area contributed by atoms with Crippen LogP contribution in [-0.4, -0.2) is 82.7 Å². The molecular weight excluding hydrogens is 491 g/mol. The molecule has 9 nitrogen and oxygen atoms in total. The molecule has 0 amide bonds. The van der Waals surface area contributed by atoms with Gasteiger partial charge in [-0.25, -0.2) is 9.55 Å². The van der Waals surface area contributed by atoms with Crippen LogP contribution in [0.2, 0.25) is 0 Å². The number of carbonyl (C=O) groups is 1. The molecule has 13 heteroatoms. The summed E-state index contributed by atoms with van der Waals surface area (Å²) in [6.45, 7) is 5.64. The first-order valence-electron chi connectivity index (χ1n) is 10.5. The minimum Gasteiger partial charge on any atom is -0.462 e. The van der Waals surface area contributed by atoms with Crippen LogP contribution in [0.4, 0.5) is 5.82 Å². The van der Waals surface area contributed by atoms with Crippen molar-refractivity contribution in [2.24, 2.45) is 0 Å². The maximum absolute atomic E-state index is 12.2. The van der Waals surface area contributed by atoms with Gasteiger partial charge in [0.2, 0.25) is 0 Å². The predicted octanol–water partition coefficient (Wildman–Crippen LogP) is 3.24. The summed E-state index contributed by atoms with van der Waals surface area (Å²) in [6, 6.07) is 0. The van der Waals surface area contributed by atoms with E-state index in [9.17, 15) is 14.9 Å². The molecule has 0 atom stereocenters. The number of esters is 1. The molecule has 0 spiro atoms. The van der Waals surface area contributed by atoms with Crippen molar-refractivity contribution in [3.8, 4) is 0 Å². The molecule has 0 aromatic carbocycles. The number of thiocarbonyl (C=S) groups is 2. The van der Waals surface area contributed by atoms with E-state index in [0.29, 0.717) is 18.1 Å². The number of rotatable bonds is 7. The highest BCUT2D eigenvalue weighted by Gasteiger charge is 2.25. The second-order valence-electron chi connectivity index (χ2n) is 7.61. The molecule has 0 bridgehead atoms. The summed E-state index contributed by atoms with van der Waals surface area (Å²) in [7, 11) is 0. The average Bonchev–Trinajstić information content (AvgIpc) is 3.43. The molecule has 0 unspecified atom stereocenters. The minimum atomic E-state index is -0.423. The number of imidazole rings is 1. The number of carbonyl (C=O) groups excluding carboxylic acids is 1. The highest BCUT2D eigenvalue weighted by Crippen LogP contribution is 2.22. The maximum Gasteiger partial charge on any atom is 0.342 e. The van der Waals surface area contributed by atoms with Crippen molar-refractivity contribution in [1.29, 1.82) is 0 Å². The number of ether oxygens (including phenoxy) is 1. The minimum absolute atomic E-state index is 0.00370. The quantitative estimate of drug-likeness (QED) is 0.231. The van der Waals surface area contributed by atoms with Crippen LogP contribution in [-0.2, 0) is 16.1 Å². The van der Waals surface area contributed by atoms with Crippen LogP contribution in [0.5, 0.6) is 0 Å². The Morgan fingerprint density at radius 2 is 1.81 bits per heavy atom. The van der Waals surface area contributed by atoms with Gasteiger partial charge in [-0.05, 0) is 17.8 Å². The molecule has 0 radical (unpaired) electrons. The number of aromatic nitrogens is 2. The van der Waals surface area contributed by atoms with Crippen molar-refractivity contribution in [3.05, 3.63) is 22.1 Å². The molecule has 176 valence electrons. The topological polar surface area (TPSA) is 93.7 Å².